The Morgan fingerprint density at radius 3 is 1.68 bits per heavy atom. The summed E-state index contributed by atoms with van der Waals surface area (Å²) >= 11 is 0. The summed E-state index contributed by atoms with van der Waals surface area (Å²) in [5.41, 5.74) is 6.15. The fraction of sp³-hybridized carbons (Fsp3) is 0.200. The van der Waals surface area contributed by atoms with Crippen LogP contribution in [-0.2, 0) is 4.74 Å². The lowest BCUT2D eigenvalue weighted by Gasteiger charge is -2.07. The predicted molar refractivity (Wildman–Crippen MR) is 121 cm³/mol. The van der Waals surface area contributed by atoms with E-state index in [1.807, 2.05) is 51.1 Å². The minimum absolute atomic E-state index is 0.318. The van der Waals surface area contributed by atoms with Crippen molar-refractivity contribution in [3.05, 3.63) is 82.2 Å². The van der Waals surface area contributed by atoms with Gasteiger partial charge in [-0.3, -0.25) is 9.97 Å². The fourth-order valence-corrected chi connectivity index (χ4v) is 3.50. The zero-order valence-corrected chi connectivity index (χ0v) is 18.2. The molecule has 4 aromatic rings. The van der Waals surface area contributed by atoms with Gasteiger partial charge in [0.25, 0.3) is 0 Å². The summed E-state index contributed by atoms with van der Waals surface area (Å²) in [4.78, 5) is 31.5. The number of para-hydroxylation sites is 2. The molecule has 0 spiro atoms. The lowest BCUT2D eigenvalue weighted by molar-refractivity contribution is 0.0602. The maximum atomic E-state index is 11.6. The number of hydrogen-bond donors (Lipinski definition) is 1. The zero-order chi connectivity index (χ0) is 22.7. The first kappa shape index (κ1) is 21.9. The highest BCUT2D eigenvalue weighted by Crippen LogP contribution is 2.22. The van der Waals surface area contributed by atoms with Crippen LogP contribution in [0.4, 0.5) is 0 Å². The van der Waals surface area contributed by atoms with Crippen molar-refractivity contribution in [1.82, 2.24) is 9.97 Å². The molecule has 0 aliphatic heterocycles. The molecule has 0 atom stereocenters. The third kappa shape index (κ3) is 4.53. The van der Waals surface area contributed by atoms with Gasteiger partial charge in [0, 0.05) is 22.2 Å². The van der Waals surface area contributed by atoms with Crippen molar-refractivity contribution in [2.45, 2.75) is 27.7 Å². The Hall–Kier alpha value is -3.80. The standard InChI is InChI=1S/C13H13NO2.C12H11NO2/c1-8-5-4-6-10-11(13(15)16-3)7-9(2)14-12(8)10;1-7-4-3-5-9-10(12(14)15)6-8(2)13-11(7)9/h4-7H,1-3H3;3-6H,1-2H3,(H,14,15). The number of benzene rings is 2. The number of nitrogens with zero attached hydrogens (tertiary/aromatic N) is 2. The highest BCUT2D eigenvalue weighted by molar-refractivity contribution is 6.04. The second-order valence-electron chi connectivity index (χ2n) is 7.36. The summed E-state index contributed by atoms with van der Waals surface area (Å²) in [5.74, 6) is -1.22. The minimum Gasteiger partial charge on any atom is -0.478 e. The number of fused-ring (bicyclic) bond motifs is 2. The second-order valence-corrected chi connectivity index (χ2v) is 7.36. The lowest BCUT2D eigenvalue weighted by atomic mass is 10.0. The van der Waals surface area contributed by atoms with Crippen molar-refractivity contribution in [3.63, 3.8) is 0 Å². The van der Waals surface area contributed by atoms with E-state index >= 15 is 0 Å². The number of aromatic carboxylic acids is 1. The van der Waals surface area contributed by atoms with Gasteiger partial charge in [-0.05, 0) is 51.0 Å². The van der Waals surface area contributed by atoms with Gasteiger partial charge in [0.05, 0.1) is 29.3 Å². The highest BCUT2D eigenvalue weighted by Gasteiger charge is 2.13. The van der Waals surface area contributed by atoms with E-state index in [-0.39, 0.29) is 5.97 Å². The van der Waals surface area contributed by atoms with Gasteiger partial charge >= 0.3 is 11.9 Å². The molecular weight excluding hydrogens is 392 g/mol. The molecule has 158 valence electrons. The van der Waals surface area contributed by atoms with Crippen molar-refractivity contribution in [2.75, 3.05) is 7.11 Å². The molecule has 6 nitrogen and oxygen atoms in total. The van der Waals surface area contributed by atoms with E-state index in [4.69, 9.17) is 9.84 Å². The quantitative estimate of drug-likeness (QED) is 0.453. The van der Waals surface area contributed by atoms with Crippen LogP contribution in [0.25, 0.3) is 21.8 Å². The molecule has 1 N–H and O–H groups in total. The number of carboxylic acids is 1. The van der Waals surface area contributed by atoms with Gasteiger partial charge < -0.3 is 9.84 Å². The Kier molecular flexibility index (Phi) is 6.30. The van der Waals surface area contributed by atoms with E-state index in [9.17, 15) is 9.59 Å². The van der Waals surface area contributed by atoms with Crippen LogP contribution in [0.5, 0.6) is 0 Å². The minimum atomic E-state index is -0.906. The third-order valence-electron chi connectivity index (χ3n) is 4.97. The van der Waals surface area contributed by atoms with E-state index in [1.165, 1.54) is 7.11 Å². The first-order chi connectivity index (χ1) is 14.7. The molecule has 4 rings (SSSR count). The average molecular weight is 416 g/mol. The van der Waals surface area contributed by atoms with E-state index in [2.05, 4.69) is 9.97 Å². The van der Waals surface area contributed by atoms with Crippen LogP contribution in [0.15, 0.2) is 48.5 Å². The van der Waals surface area contributed by atoms with Crippen molar-refractivity contribution < 1.29 is 19.4 Å². The molecule has 2 heterocycles. The number of rotatable bonds is 2. The van der Waals surface area contributed by atoms with Crippen LogP contribution in [-0.4, -0.2) is 34.1 Å². The molecular formula is C25H24N2O4. The van der Waals surface area contributed by atoms with Crippen LogP contribution >= 0.6 is 0 Å². The van der Waals surface area contributed by atoms with Crippen LogP contribution in [0.1, 0.15) is 43.2 Å². The Bertz CT molecular complexity index is 1310. The summed E-state index contributed by atoms with van der Waals surface area (Å²) in [6, 6.07) is 14.7. The number of carboxylic acid groups (broad SMARTS) is 1. The SMILES string of the molecule is COC(=O)c1cc(C)nc2c(C)cccc12.Cc1cc(C(=O)O)c2cccc(C)c2n1. The van der Waals surface area contributed by atoms with E-state index < -0.39 is 5.97 Å². The van der Waals surface area contributed by atoms with Gasteiger partial charge in [-0.15, -0.1) is 0 Å². The molecule has 0 radical (unpaired) electrons. The van der Waals surface area contributed by atoms with E-state index in [0.29, 0.717) is 16.5 Å². The van der Waals surface area contributed by atoms with Gasteiger partial charge in [0.15, 0.2) is 0 Å². The van der Waals surface area contributed by atoms with Gasteiger partial charge in [-0.25, -0.2) is 9.59 Å². The molecule has 0 bridgehead atoms. The first-order valence-corrected chi connectivity index (χ1v) is 9.78. The first-order valence-electron chi connectivity index (χ1n) is 9.78. The molecule has 0 fully saturated rings. The van der Waals surface area contributed by atoms with Crippen LogP contribution < -0.4 is 0 Å². The lowest BCUT2D eigenvalue weighted by Crippen LogP contribution is -2.04. The monoisotopic (exact) mass is 416 g/mol. The maximum Gasteiger partial charge on any atom is 0.338 e. The fourth-order valence-electron chi connectivity index (χ4n) is 3.50. The summed E-state index contributed by atoms with van der Waals surface area (Å²) in [7, 11) is 1.39. The predicted octanol–water partition coefficient (Wildman–Crippen LogP) is 5.19. The van der Waals surface area contributed by atoms with Gasteiger partial charge in [-0.2, -0.15) is 0 Å². The van der Waals surface area contributed by atoms with Crippen LogP contribution in [0, 0.1) is 27.7 Å². The molecule has 2 aromatic heterocycles. The van der Waals surface area contributed by atoms with Crippen molar-refractivity contribution in [3.8, 4) is 0 Å². The Balaban J connectivity index is 0.000000176. The molecule has 0 aliphatic rings. The molecule has 0 saturated heterocycles. The smallest absolute Gasteiger partial charge is 0.338 e. The highest BCUT2D eigenvalue weighted by atomic mass is 16.5. The number of aryl methyl sites for hydroxylation is 4. The topological polar surface area (TPSA) is 89.4 Å². The largest absolute Gasteiger partial charge is 0.478 e. The summed E-state index contributed by atoms with van der Waals surface area (Å²) in [6.07, 6.45) is 0. The molecule has 0 aliphatic carbocycles. The number of pyridine rings is 2. The van der Waals surface area contributed by atoms with E-state index in [1.54, 1.807) is 25.1 Å². The number of carbonyl (C=O) groups is 2. The zero-order valence-electron chi connectivity index (χ0n) is 18.2. The number of esters is 1. The van der Waals surface area contributed by atoms with Gasteiger partial charge in [0.1, 0.15) is 0 Å². The average Bonchev–Trinajstić information content (AvgIpc) is 2.74. The third-order valence-corrected chi connectivity index (χ3v) is 4.97. The number of ether oxygens (including phenoxy) is 1. The summed E-state index contributed by atoms with van der Waals surface area (Å²) < 4.78 is 4.77. The number of methoxy groups -OCH3 is 1. The van der Waals surface area contributed by atoms with Crippen molar-refractivity contribution in [1.29, 1.82) is 0 Å². The molecule has 0 saturated carbocycles. The van der Waals surface area contributed by atoms with Crippen molar-refractivity contribution >= 4 is 33.7 Å². The normalized spacial score (nSPS) is 10.5. The molecule has 0 unspecified atom stereocenters. The summed E-state index contributed by atoms with van der Waals surface area (Å²) in [6.45, 7) is 7.59. The number of hydrogen-bond acceptors (Lipinski definition) is 5. The Morgan fingerprint density at radius 2 is 1.23 bits per heavy atom. The maximum absolute atomic E-state index is 11.6. The second kappa shape index (κ2) is 8.92. The number of carbonyl (C=O) groups excluding carboxylic acids is 1. The van der Waals surface area contributed by atoms with Gasteiger partial charge in [0.2, 0.25) is 0 Å². The summed E-state index contributed by atoms with van der Waals surface area (Å²) in [5, 5.41) is 10.6. The van der Waals surface area contributed by atoms with Gasteiger partial charge in [-0.1, -0.05) is 36.4 Å². The van der Waals surface area contributed by atoms with Crippen LogP contribution in [0.3, 0.4) is 0 Å². The van der Waals surface area contributed by atoms with Crippen molar-refractivity contribution in [2.24, 2.45) is 0 Å². The van der Waals surface area contributed by atoms with E-state index in [0.717, 1.165) is 38.9 Å². The molecule has 31 heavy (non-hydrogen) atoms. The van der Waals surface area contributed by atoms with Crippen LogP contribution in [0.2, 0.25) is 0 Å². The Labute approximate surface area is 180 Å². The molecule has 0 amide bonds. The Morgan fingerprint density at radius 1 is 0.774 bits per heavy atom. The molecule has 2 aromatic carbocycles. The number of aromatic nitrogens is 2. The molecule has 6 heteroatoms.